The second-order valence-corrected chi connectivity index (χ2v) is 4.71. The van der Waals surface area contributed by atoms with Crippen LogP contribution < -0.4 is 11.1 Å². The summed E-state index contributed by atoms with van der Waals surface area (Å²) in [5, 5.41) is 3.17. The molecule has 0 bridgehead atoms. The molecule has 0 saturated carbocycles. The van der Waals surface area contributed by atoms with Crippen molar-refractivity contribution in [3.05, 3.63) is 46.2 Å². The van der Waals surface area contributed by atoms with Gasteiger partial charge >= 0.3 is 0 Å². The number of benzene rings is 1. The average molecular weight is 287 g/mol. The van der Waals surface area contributed by atoms with Crippen molar-refractivity contribution in [2.75, 3.05) is 13.1 Å². The van der Waals surface area contributed by atoms with Gasteiger partial charge in [-0.15, -0.1) is 0 Å². The Bertz CT molecular complexity index is 379. The van der Waals surface area contributed by atoms with Gasteiger partial charge in [0.05, 0.1) is 0 Å². The standard InChI is InChI=1S/C12H16BrFN2/c1-8(2)7-16-12(6-15)10-5-9(13)3-4-11(10)14/h3-5,12,16H,1,6-7,15H2,2H3. The molecule has 1 aromatic carbocycles. The molecule has 0 fully saturated rings. The highest BCUT2D eigenvalue weighted by molar-refractivity contribution is 9.10. The van der Waals surface area contributed by atoms with E-state index in [2.05, 4.69) is 27.8 Å². The lowest BCUT2D eigenvalue weighted by Gasteiger charge is -2.18. The highest BCUT2D eigenvalue weighted by Crippen LogP contribution is 2.21. The number of halogens is 2. The third kappa shape index (κ3) is 3.70. The molecule has 0 radical (unpaired) electrons. The molecular formula is C12H16BrFN2. The van der Waals surface area contributed by atoms with Gasteiger partial charge in [0.1, 0.15) is 5.82 Å². The number of nitrogens with two attached hydrogens (primary N) is 1. The van der Waals surface area contributed by atoms with Crippen molar-refractivity contribution in [1.29, 1.82) is 0 Å². The summed E-state index contributed by atoms with van der Waals surface area (Å²) in [4.78, 5) is 0. The Labute approximate surface area is 104 Å². The maximum absolute atomic E-state index is 13.6. The molecule has 0 aromatic heterocycles. The topological polar surface area (TPSA) is 38.0 Å². The maximum atomic E-state index is 13.6. The van der Waals surface area contributed by atoms with Crippen LogP contribution in [0, 0.1) is 5.82 Å². The summed E-state index contributed by atoms with van der Waals surface area (Å²) in [6, 6.07) is 4.67. The zero-order valence-corrected chi connectivity index (χ0v) is 10.8. The normalized spacial score (nSPS) is 12.5. The molecule has 0 aliphatic rings. The second kappa shape index (κ2) is 6.13. The zero-order valence-electron chi connectivity index (χ0n) is 9.26. The van der Waals surface area contributed by atoms with Crippen LogP contribution in [0.4, 0.5) is 4.39 Å². The van der Waals surface area contributed by atoms with Crippen LogP contribution in [-0.4, -0.2) is 13.1 Å². The summed E-state index contributed by atoms with van der Waals surface area (Å²) in [7, 11) is 0. The number of hydrogen-bond donors (Lipinski definition) is 2. The molecule has 0 saturated heterocycles. The van der Waals surface area contributed by atoms with Crippen molar-refractivity contribution in [3.63, 3.8) is 0 Å². The van der Waals surface area contributed by atoms with Crippen LogP contribution in [0.2, 0.25) is 0 Å². The molecular weight excluding hydrogens is 271 g/mol. The lowest BCUT2D eigenvalue weighted by molar-refractivity contribution is 0.523. The van der Waals surface area contributed by atoms with Crippen molar-refractivity contribution < 1.29 is 4.39 Å². The summed E-state index contributed by atoms with van der Waals surface area (Å²) < 4.78 is 14.4. The van der Waals surface area contributed by atoms with Crippen LogP contribution in [0.1, 0.15) is 18.5 Å². The van der Waals surface area contributed by atoms with Gasteiger partial charge in [-0.2, -0.15) is 0 Å². The van der Waals surface area contributed by atoms with Crippen LogP contribution in [0.3, 0.4) is 0 Å². The molecule has 16 heavy (non-hydrogen) atoms. The van der Waals surface area contributed by atoms with Gasteiger partial charge in [0, 0.05) is 29.2 Å². The molecule has 88 valence electrons. The average Bonchev–Trinajstić information content (AvgIpc) is 2.23. The summed E-state index contributed by atoms with van der Waals surface area (Å²) in [6.45, 7) is 6.68. The molecule has 0 spiro atoms. The predicted octanol–water partition coefficient (Wildman–Crippen LogP) is 2.75. The van der Waals surface area contributed by atoms with Crippen LogP contribution in [-0.2, 0) is 0 Å². The van der Waals surface area contributed by atoms with Crippen LogP contribution in [0.5, 0.6) is 0 Å². The van der Waals surface area contributed by atoms with Crippen molar-refractivity contribution in [1.82, 2.24) is 5.32 Å². The Morgan fingerprint density at radius 2 is 2.31 bits per heavy atom. The first-order valence-electron chi connectivity index (χ1n) is 5.07. The Morgan fingerprint density at radius 3 is 2.88 bits per heavy atom. The van der Waals surface area contributed by atoms with Gasteiger partial charge in [-0.25, -0.2) is 4.39 Å². The molecule has 0 heterocycles. The third-order valence-electron chi connectivity index (χ3n) is 2.22. The summed E-state index contributed by atoms with van der Waals surface area (Å²) in [6.07, 6.45) is 0. The van der Waals surface area contributed by atoms with Gasteiger partial charge in [-0.3, -0.25) is 0 Å². The Morgan fingerprint density at radius 1 is 1.62 bits per heavy atom. The van der Waals surface area contributed by atoms with E-state index in [1.165, 1.54) is 6.07 Å². The summed E-state index contributed by atoms with van der Waals surface area (Å²) in [5.41, 5.74) is 7.21. The number of hydrogen-bond acceptors (Lipinski definition) is 2. The molecule has 0 amide bonds. The van der Waals surface area contributed by atoms with E-state index in [0.717, 1.165) is 10.0 Å². The lowest BCUT2D eigenvalue weighted by atomic mass is 10.1. The van der Waals surface area contributed by atoms with Crippen molar-refractivity contribution >= 4 is 15.9 Å². The van der Waals surface area contributed by atoms with Gasteiger partial charge < -0.3 is 11.1 Å². The summed E-state index contributed by atoms with van der Waals surface area (Å²) in [5.74, 6) is -0.243. The van der Waals surface area contributed by atoms with Crippen molar-refractivity contribution in [2.45, 2.75) is 13.0 Å². The highest BCUT2D eigenvalue weighted by atomic mass is 79.9. The van der Waals surface area contributed by atoms with E-state index < -0.39 is 0 Å². The predicted molar refractivity (Wildman–Crippen MR) is 68.7 cm³/mol. The minimum atomic E-state index is -0.243. The molecule has 2 nitrogen and oxygen atoms in total. The van der Waals surface area contributed by atoms with Gasteiger partial charge in [0.25, 0.3) is 0 Å². The smallest absolute Gasteiger partial charge is 0.128 e. The van der Waals surface area contributed by atoms with Crippen LogP contribution >= 0.6 is 15.9 Å². The van der Waals surface area contributed by atoms with Gasteiger partial charge in [0.15, 0.2) is 0 Å². The monoisotopic (exact) mass is 286 g/mol. The van der Waals surface area contributed by atoms with E-state index >= 15 is 0 Å². The van der Waals surface area contributed by atoms with Crippen LogP contribution in [0.15, 0.2) is 34.8 Å². The fourth-order valence-electron chi connectivity index (χ4n) is 1.40. The van der Waals surface area contributed by atoms with Crippen LogP contribution in [0.25, 0.3) is 0 Å². The number of rotatable bonds is 5. The quantitative estimate of drug-likeness (QED) is 0.817. The highest BCUT2D eigenvalue weighted by Gasteiger charge is 2.13. The largest absolute Gasteiger partial charge is 0.329 e. The van der Waals surface area contributed by atoms with Gasteiger partial charge in [-0.1, -0.05) is 28.1 Å². The van der Waals surface area contributed by atoms with Crippen molar-refractivity contribution in [2.24, 2.45) is 5.73 Å². The Hall–Kier alpha value is -0.710. The lowest BCUT2D eigenvalue weighted by Crippen LogP contribution is -2.30. The third-order valence-corrected chi connectivity index (χ3v) is 2.71. The molecule has 1 aromatic rings. The minimum absolute atomic E-state index is 0.186. The Balaban J connectivity index is 2.85. The van der Waals surface area contributed by atoms with E-state index in [4.69, 9.17) is 5.73 Å². The summed E-state index contributed by atoms with van der Waals surface area (Å²) >= 11 is 3.32. The molecule has 0 aliphatic carbocycles. The minimum Gasteiger partial charge on any atom is -0.329 e. The van der Waals surface area contributed by atoms with E-state index in [9.17, 15) is 4.39 Å². The first-order valence-corrected chi connectivity index (χ1v) is 5.86. The van der Waals surface area contributed by atoms with Gasteiger partial charge in [-0.05, 0) is 25.1 Å². The van der Waals surface area contributed by atoms with E-state index in [0.29, 0.717) is 18.7 Å². The first kappa shape index (κ1) is 13.4. The second-order valence-electron chi connectivity index (χ2n) is 3.79. The fourth-order valence-corrected chi connectivity index (χ4v) is 1.78. The van der Waals surface area contributed by atoms with E-state index in [1.807, 2.05) is 6.92 Å². The van der Waals surface area contributed by atoms with E-state index in [1.54, 1.807) is 12.1 Å². The molecule has 1 unspecified atom stereocenters. The molecule has 3 N–H and O–H groups in total. The molecule has 4 heteroatoms. The zero-order chi connectivity index (χ0) is 12.1. The fraction of sp³-hybridized carbons (Fsp3) is 0.333. The molecule has 0 aliphatic heterocycles. The number of nitrogens with one attached hydrogen (secondary N) is 1. The van der Waals surface area contributed by atoms with Crippen molar-refractivity contribution in [3.8, 4) is 0 Å². The molecule has 1 atom stereocenters. The SMILES string of the molecule is C=C(C)CNC(CN)c1cc(Br)ccc1F. The Kier molecular flexibility index (Phi) is 5.12. The maximum Gasteiger partial charge on any atom is 0.128 e. The van der Waals surface area contributed by atoms with E-state index in [-0.39, 0.29) is 11.9 Å². The first-order chi connectivity index (χ1) is 7.54. The molecule has 1 rings (SSSR count). The van der Waals surface area contributed by atoms with Gasteiger partial charge in [0.2, 0.25) is 0 Å².